The van der Waals surface area contributed by atoms with Crippen LogP contribution in [0.15, 0.2) is 66.7 Å². The lowest BCUT2D eigenvalue weighted by Gasteiger charge is -2.07. The maximum absolute atomic E-state index is 6.50. The molecule has 0 unspecified atom stereocenters. The van der Waals surface area contributed by atoms with E-state index in [2.05, 4.69) is 6.57 Å². The highest BCUT2D eigenvalue weighted by atomic mass is 16.5. The quantitative estimate of drug-likeness (QED) is 0.698. The molecule has 0 aromatic heterocycles. The predicted octanol–water partition coefficient (Wildman–Crippen LogP) is 4.35. The number of ether oxygens (including phenoxy) is 1. The summed E-state index contributed by atoms with van der Waals surface area (Å²) in [5.41, 5.74) is 6.73. The van der Waals surface area contributed by atoms with Crippen LogP contribution >= 0.6 is 0 Å². The van der Waals surface area contributed by atoms with Gasteiger partial charge in [-0.15, -0.1) is 0 Å². The molecule has 3 aromatic carbocycles. The van der Waals surface area contributed by atoms with Gasteiger partial charge in [0.15, 0.2) is 0 Å². The van der Waals surface area contributed by atoms with Gasteiger partial charge in [-0.2, -0.15) is 0 Å². The van der Waals surface area contributed by atoms with Gasteiger partial charge in [0.05, 0.1) is 0 Å². The number of hydrogen-bond donors (Lipinski definition) is 1. The molecule has 0 bridgehead atoms. The molecule has 3 rings (SSSR count). The SMILES string of the molecule is C#N.Nc1cccc2ccc(Oc3ccccc3)cc12. The van der Waals surface area contributed by atoms with E-state index in [0.717, 1.165) is 28.0 Å². The molecule has 20 heavy (non-hydrogen) atoms. The van der Waals surface area contributed by atoms with Crippen molar-refractivity contribution < 1.29 is 4.74 Å². The highest BCUT2D eigenvalue weighted by Crippen LogP contribution is 2.28. The van der Waals surface area contributed by atoms with Gasteiger partial charge in [-0.3, -0.25) is 0 Å². The van der Waals surface area contributed by atoms with Crippen LogP contribution in [0.2, 0.25) is 0 Å². The molecular weight excluding hydrogens is 248 g/mol. The van der Waals surface area contributed by atoms with Crippen LogP contribution in [0.4, 0.5) is 5.69 Å². The molecule has 0 heterocycles. The molecule has 98 valence electrons. The Hall–Kier alpha value is -2.99. The number of nitrogens with two attached hydrogens (primary N) is 1. The summed E-state index contributed by atoms with van der Waals surface area (Å²) in [6.07, 6.45) is 0. The van der Waals surface area contributed by atoms with Gasteiger partial charge >= 0.3 is 0 Å². The highest BCUT2D eigenvalue weighted by molar-refractivity contribution is 5.93. The van der Waals surface area contributed by atoms with Gasteiger partial charge in [-0.25, -0.2) is 5.26 Å². The highest BCUT2D eigenvalue weighted by Gasteiger charge is 2.01. The van der Waals surface area contributed by atoms with Crippen molar-refractivity contribution in [2.45, 2.75) is 0 Å². The van der Waals surface area contributed by atoms with E-state index in [1.54, 1.807) is 0 Å². The predicted molar refractivity (Wildman–Crippen MR) is 81.5 cm³/mol. The fourth-order valence-electron chi connectivity index (χ4n) is 1.96. The summed E-state index contributed by atoms with van der Waals surface area (Å²) in [5.74, 6) is 1.62. The van der Waals surface area contributed by atoms with Gasteiger partial charge in [0, 0.05) is 17.6 Å². The number of anilines is 1. The molecule has 0 aliphatic rings. The molecular formula is C17H14N2O. The molecule has 0 fully saturated rings. The molecule has 0 saturated heterocycles. The Kier molecular flexibility index (Phi) is 4.21. The molecule has 0 amide bonds. The van der Waals surface area contributed by atoms with Crippen molar-refractivity contribution in [2.75, 3.05) is 5.73 Å². The number of hydrogen-bond acceptors (Lipinski definition) is 3. The third kappa shape index (κ3) is 2.88. The van der Waals surface area contributed by atoms with E-state index in [4.69, 9.17) is 15.7 Å². The van der Waals surface area contributed by atoms with Crippen molar-refractivity contribution in [3.63, 3.8) is 0 Å². The largest absolute Gasteiger partial charge is 0.457 e. The number of rotatable bonds is 2. The van der Waals surface area contributed by atoms with Gasteiger partial charge in [-0.05, 0) is 35.7 Å². The maximum Gasteiger partial charge on any atom is 0.128 e. The number of nitriles is 1. The van der Waals surface area contributed by atoms with Crippen LogP contribution in [0, 0.1) is 11.8 Å². The average Bonchev–Trinajstić information content (AvgIpc) is 2.51. The van der Waals surface area contributed by atoms with Gasteiger partial charge in [0.25, 0.3) is 0 Å². The van der Waals surface area contributed by atoms with Crippen molar-refractivity contribution in [3.05, 3.63) is 66.7 Å². The Labute approximate surface area is 117 Å². The number of benzene rings is 3. The Morgan fingerprint density at radius 3 is 2.30 bits per heavy atom. The first-order chi connectivity index (χ1) is 9.83. The number of nitrogen functional groups attached to an aromatic ring is 1. The first kappa shape index (κ1) is 13.4. The molecule has 0 radical (unpaired) electrons. The second-order valence-electron chi connectivity index (χ2n) is 4.15. The van der Waals surface area contributed by atoms with Crippen molar-refractivity contribution >= 4 is 16.5 Å². The van der Waals surface area contributed by atoms with Gasteiger partial charge in [0.1, 0.15) is 11.5 Å². The van der Waals surface area contributed by atoms with Crippen molar-refractivity contribution in [1.82, 2.24) is 0 Å². The van der Waals surface area contributed by atoms with E-state index in [1.807, 2.05) is 66.7 Å². The minimum Gasteiger partial charge on any atom is -0.457 e. The molecule has 0 aliphatic carbocycles. The summed E-state index contributed by atoms with van der Waals surface area (Å²) < 4.78 is 5.79. The minimum atomic E-state index is 0.769. The zero-order valence-electron chi connectivity index (χ0n) is 10.9. The van der Waals surface area contributed by atoms with Gasteiger partial charge < -0.3 is 10.5 Å². The molecule has 0 spiro atoms. The zero-order valence-corrected chi connectivity index (χ0v) is 10.9. The second-order valence-corrected chi connectivity index (χ2v) is 4.15. The molecule has 3 nitrogen and oxygen atoms in total. The lowest BCUT2D eigenvalue weighted by molar-refractivity contribution is 0.483. The molecule has 3 heteroatoms. The van der Waals surface area contributed by atoms with Gasteiger partial charge in [0.2, 0.25) is 0 Å². The first-order valence-electron chi connectivity index (χ1n) is 6.10. The standard InChI is InChI=1S/C16H13NO.CHN/c17-16-8-4-5-12-9-10-14(11-15(12)16)18-13-6-2-1-3-7-13;1-2/h1-11H,17H2;1H. The third-order valence-electron chi connectivity index (χ3n) is 2.87. The Morgan fingerprint density at radius 2 is 1.55 bits per heavy atom. The first-order valence-corrected chi connectivity index (χ1v) is 6.10. The minimum absolute atomic E-state index is 0.769. The summed E-state index contributed by atoms with van der Waals surface area (Å²) >= 11 is 0. The van der Waals surface area contributed by atoms with Crippen LogP contribution in [0.25, 0.3) is 10.8 Å². The molecule has 3 aromatic rings. The third-order valence-corrected chi connectivity index (χ3v) is 2.87. The summed E-state index contributed by atoms with van der Waals surface area (Å²) in [4.78, 5) is 0. The van der Waals surface area contributed by atoms with Crippen LogP contribution in [-0.4, -0.2) is 0 Å². The zero-order chi connectivity index (χ0) is 14.4. The summed E-state index contributed by atoms with van der Waals surface area (Å²) in [5, 5.41) is 8.64. The molecule has 2 N–H and O–H groups in total. The van der Waals surface area contributed by atoms with Crippen LogP contribution in [0.1, 0.15) is 0 Å². The fraction of sp³-hybridized carbons (Fsp3) is 0. The van der Waals surface area contributed by atoms with E-state index in [-0.39, 0.29) is 0 Å². The van der Waals surface area contributed by atoms with Crippen molar-refractivity contribution in [1.29, 1.82) is 5.26 Å². The normalized spacial score (nSPS) is 9.50. The van der Waals surface area contributed by atoms with Crippen LogP contribution in [-0.2, 0) is 0 Å². The molecule has 0 saturated carbocycles. The number of nitrogens with zero attached hydrogens (tertiary/aromatic N) is 1. The van der Waals surface area contributed by atoms with E-state index in [9.17, 15) is 0 Å². The smallest absolute Gasteiger partial charge is 0.128 e. The van der Waals surface area contributed by atoms with Gasteiger partial charge in [-0.1, -0.05) is 36.4 Å². The average molecular weight is 262 g/mol. The maximum atomic E-state index is 6.50. The fourth-order valence-corrected chi connectivity index (χ4v) is 1.96. The van der Waals surface area contributed by atoms with Crippen LogP contribution < -0.4 is 10.5 Å². The van der Waals surface area contributed by atoms with E-state index in [1.165, 1.54) is 0 Å². The number of fused-ring (bicyclic) bond motifs is 1. The Morgan fingerprint density at radius 1 is 0.800 bits per heavy atom. The van der Waals surface area contributed by atoms with Crippen LogP contribution in [0.3, 0.4) is 0 Å². The lowest BCUT2D eigenvalue weighted by Crippen LogP contribution is -1.88. The van der Waals surface area contributed by atoms with Crippen molar-refractivity contribution in [3.8, 4) is 18.1 Å². The Bertz CT molecular complexity index is 721. The van der Waals surface area contributed by atoms with E-state index < -0.39 is 0 Å². The lowest BCUT2D eigenvalue weighted by atomic mass is 10.1. The van der Waals surface area contributed by atoms with E-state index >= 15 is 0 Å². The van der Waals surface area contributed by atoms with Crippen LogP contribution in [0.5, 0.6) is 11.5 Å². The second kappa shape index (κ2) is 6.26. The molecule has 0 atom stereocenters. The van der Waals surface area contributed by atoms with Crippen molar-refractivity contribution in [2.24, 2.45) is 0 Å². The summed E-state index contributed by atoms with van der Waals surface area (Å²) in [6.45, 7) is 3.50. The topological polar surface area (TPSA) is 59.0 Å². The molecule has 0 aliphatic heterocycles. The Balaban J connectivity index is 0.000000704. The van der Waals surface area contributed by atoms with E-state index in [0.29, 0.717) is 0 Å². The monoisotopic (exact) mass is 262 g/mol. The summed E-state index contributed by atoms with van der Waals surface area (Å²) in [6, 6.07) is 21.6. The number of para-hydroxylation sites is 1. The summed E-state index contributed by atoms with van der Waals surface area (Å²) in [7, 11) is 0.